The van der Waals surface area contributed by atoms with Crippen molar-refractivity contribution in [2.24, 2.45) is 0 Å². The van der Waals surface area contributed by atoms with E-state index in [2.05, 4.69) is 0 Å². The molecule has 0 bridgehead atoms. The Morgan fingerprint density at radius 1 is 1.06 bits per heavy atom. The molecule has 1 aliphatic rings. The number of aliphatic hydroxyl groups is 1. The SMILES string of the molecule is C/C(=C\c1c(C)cc(C(F)(F)F)cc1C)C(O)c1c(C)ccc(C(=O)N2CCOCC2)c1C. The quantitative estimate of drug-likeness (QED) is 0.650. The summed E-state index contributed by atoms with van der Waals surface area (Å²) < 4.78 is 44.7. The first-order valence-corrected chi connectivity index (χ1v) is 10.9. The van der Waals surface area contributed by atoms with Crippen molar-refractivity contribution in [2.45, 2.75) is 46.9 Å². The number of rotatable bonds is 4. The molecule has 1 unspecified atom stereocenters. The van der Waals surface area contributed by atoms with Gasteiger partial charge in [-0.15, -0.1) is 0 Å². The number of aliphatic hydroxyl groups excluding tert-OH is 1. The van der Waals surface area contributed by atoms with E-state index < -0.39 is 17.8 Å². The van der Waals surface area contributed by atoms with Gasteiger partial charge < -0.3 is 14.7 Å². The zero-order valence-corrected chi connectivity index (χ0v) is 19.6. The molecule has 0 aliphatic carbocycles. The number of morpholine rings is 1. The Balaban J connectivity index is 1.97. The van der Waals surface area contributed by atoms with E-state index in [1.807, 2.05) is 19.9 Å². The van der Waals surface area contributed by atoms with Crippen LogP contribution in [0.25, 0.3) is 6.08 Å². The molecular formula is C26H30F3NO3. The predicted octanol–water partition coefficient (Wildman–Crippen LogP) is 5.55. The van der Waals surface area contributed by atoms with Crippen LogP contribution in [-0.4, -0.2) is 42.2 Å². The number of amides is 1. The molecule has 0 aromatic heterocycles. The van der Waals surface area contributed by atoms with Crippen LogP contribution >= 0.6 is 0 Å². The Labute approximate surface area is 192 Å². The highest BCUT2D eigenvalue weighted by Gasteiger charge is 2.31. The van der Waals surface area contributed by atoms with Crippen molar-refractivity contribution in [1.82, 2.24) is 4.90 Å². The molecule has 1 saturated heterocycles. The maximum Gasteiger partial charge on any atom is 0.416 e. The number of alkyl halides is 3. The first-order chi connectivity index (χ1) is 15.4. The van der Waals surface area contributed by atoms with E-state index in [4.69, 9.17) is 4.74 Å². The molecule has 1 aliphatic heterocycles. The molecule has 1 amide bonds. The van der Waals surface area contributed by atoms with Crippen molar-refractivity contribution in [3.63, 3.8) is 0 Å². The van der Waals surface area contributed by atoms with Crippen LogP contribution in [0.2, 0.25) is 0 Å². The molecule has 0 saturated carbocycles. The fourth-order valence-electron chi connectivity index (χ4n) is 4.35. The molecule has 0 spiro atoms. The van der Waals surface area contributed by atoms with Gasteiger partial charge in [-0.25, -0.2) is 0 Å². The van der Waals surface area contributed by atoms with Crippen LogP contribution in [0.1, 0.15) is 62.3 Å². The van der Waals surface area contributed by atoms with E-state index in [1.165, 1.54) is 0 Å². The number of benzene rings is 2. The number of carbonyl (C=O) groups is 1. The summed E-state index contributed by atoms with van der Waals surface area (Å²) in [6, 6.07) is 5.84. The van der Waals surface area contributed by atoms with E-state index in [-0.39, 0.29) is 5.91 Å². The monoisotopic (exact) mass is 461 g/mol. The van der Waals surface area contributed by atoms with E-state index >= 15 is 0 Å². The Hall–Kier alpha value is -2.64. The molecule has 3 rings (SSSR count). The van der Waals surface area contributed by atoms with Gasteiger partial charge in [0.25, 0.3) is 5.91 Å². The molecule has 0 radical (unpaired) electrons. The van der Waals surface area contributed by atoms with Crippen LogP contribution in [-0.2, 0) is 10.9 Å². The standard InChI is InChI=1S/C26H30F3NO3/c1-15-6-7-21(25(32)30-8-10-33-11-9-30)19(5)23(15)24(31)18(4)14-22-16(2)12-20(13-17(22)3)26(27,28)29/h6-7,12-14,24,31H,8-11H2,1-5H3/b18-14+. The molecule has 1 N–H and O–H groups in total. The maximum absolute atomic E-state index is 13.1. The van der Waals surface area contributed by atoms with Gasteiger partial charge in [-0.2, -0.15) is 13.2 Å². The molecule has 178 valence electrons. The first kappa shape index (κ1) is 25.0. The smallest absolute Gasteiger partial charge is 0.384 e. The summed E-state index contributed by atoms with van der Waals surface area (Å²) in [6.45, 7) is 10.7. The van der Waals surface area contributed by atoms with E-state index in [0.717, 1.165) is 17.7 Å². The zero-order chi connectivity index (χ0) is 24.5. The van der Waals surface area contributed by atoms with E-state index in [0.29, 0.717) is 65.3 Å². The van der Waals surface area contributed by atoms with Gasteiger partial charge in [0, 0.05) is 18.7 Å². The molecule has 7 heteroatoms. The third-order valence-corrected chi connectivity index (χ3v) is 6.26. The first-order valence-electron chi connectivity index (χ1n) is 10.9. The summed E-state index contributed by atoms with van der Waals surface area (Å²) in [6.07, 6.45) is -3.68. The topological polar surface area (TPSA) is 49.8 Å². The Bertz CT molecular complexity index is 1060. The number of hydrogen-bond acceptors (Lipinski definition) is 3. The molecule has 4 nitrogen and oxygen atoms in total. The average Bonchev–Trinajstić information content (AvgIpc) is 2.75. The van der Waals surface area contributed by atoms with Crippen molar-refractivity contribution >= 4 is 12.0 Å². The second kappa shape index (κ2) is 9.69. The minimum absolute atomic E-state index is 0.0969. The van der Waals surface area contributed by atoms with Crippen LogP contribution in [0, 0.1) is 27.7 Å². The Morgan fingerprint density at radius 3 is 2.18 bits per heavy atom. The molecule has 1 fully saturated rings. The number of hydrogen-bond donors (Lipinski definition) is 1. The van der Waals surface area contributed by atoms with Crippen molar-refractivity contribution in [1.29, 1.82) is 0 Å². The summed E-state index contributed by atoms with van der Waals surface area (Å²) in [4.78, 5) is 14.8. The fraction of sp³-hybridized carbons (Fsp3) is 0.423. The molecule has 2 aromatic carbocycles. The highest BCUT2D eigenvalue weighted by Crippen LogP contribution is 2.35. The largest absolute Gasteiger partial charge is 0.416 e. The van der Waals surface area contributed by atoms with Crippen LogP contribution in [0.15, 0.2) is 29.8 Å². The second-order valence-electron chi connectivity index (χ2n) is 8.69. The lowest BCUT2D eigenvalue weighted by Crippen LogP contribution is -2.41. The van der Waals surface area contributed by atoms with Gasteiger partial charge in [-0.1, -0.05) is 12.1 Å². The minimum Gasteiger partial charge on any atom is -0.384 e. The van der Waals surface area contributed by atoms with E-state index in [1.54, 1.807) is 37.8 Å². The number of halogens is 3. The molecule has 2 aromatic rings. The minimum atomic E-state index is -4.41. The highest BCUT2D eigenvalue weighted by atomic mass is 19.4. The van der Waals surface area contributed by atoms with Gasteiger partial charge in [0.2, 0.25) is 0 Å². The normalized spacial score (nSPS) is 16.2. The third kappa shape index (κ3) is 5.31. The van der Waals surface area contributed by atoms with Crippen LogP contribution < -0.4 is 0 Å². The summed E-state index contributed by atoms with van der Waals surface area (Å²) in [5.41, 5.74) is 4.24. The van der Waals surface area contributed by atoms with Gasteiger partial charge in [-0.3, -0.25) is 4.79 Å². The number of ether oxygens (including phenoxy) is 1. The highest BCUT2D eigenvalue weighted by molar-refractivity contribution is 5.96. The average molecular weight is 462 g/mol. The molecule has 33 heavy (non-hydrogen) atoms. The van der Waals surface area contributed by atoms with Gasteiger partial charge in [0.05, 0.1) is 18.8 Å². The lowest BCUT2D eigenvalue weighted by atomic mass is 9.88. The molecular weight excluding hydrogens is 431 g/mol. The van der Waals surface area contributed by atoms with Crippen LogP contribution in [0.3, 0.4) is 0 Å². The lowest BCUT2D eigenvalue weighted by molar-refractivity contribution is -0.137. The summed E-state index contributed by atoms with van der Waals surface area (Å²) >= 11 is 0. The van der Waals surface area contributed by atoms with E-state index in [9.17, 15) is 23.1 Å². The fourth-order valence-corrected chi connectivity index (χ4v) is 4.35. The van der Waals surface area contributed by atoms with Crippen molar-refractivity contribution in [3.8, 4) is 0 Å². The van der Waals surface area contributed by atoms with Gasteiger partial charge in [0.1, 0.15) is 6.10 Å². The van der Waals surface area contributed by atoms with Crippen LogP contribution in [0.5, 0.6) is 0 Å². The van der Waals surface area contributed by atoms with Gasteiger partial charge >= 0.3 is 6.18 Å². The van der Waals surface area contributed by atoms with Gasteiger partial charge in [0.15, 0.2) is 0 Å². The predicted molar refractivity (Wildman–Crippen MR) is 122 cm³/mol. The number of aryl methyl sites for hydroxylation is 3. The Morgan fingerprint density at radius 2 is 1.64 bits per heavy atom. The second-order valence-corrected chi connectivity index (χ2v) is 8.69. The number of nitrogens with zero attached hydrogens (tertiary/aromatic N) is 1. The summed E-state index contributed by atoms with van der Waals surface area (Å²) in [5, 5.41) is 11.2. The Kier molecular flexibility index (Phi) is 7.34. The van der Waals surface area contributed by atoms with Crippen molar-refractivity contribution in [2.75, 3.05) is 26.3 Å². The summed E-state index contributed by atoms with van der Waals surface area (Å²) in [5.74, 6) is -0.0969. The molecule has 1 heterocycles. The van der Waals surface area contributed by atoms with Crippen LogP contribution in [0.4, 0.5) is 13.2 Å². The zero-order valence-electron chi connectivity index (χ0n) is 19.6. The third-order valence-electron chi connectivity index (χ3n) is 6.26. The van der Waals surface area contributed by atoms with Crippen molar-refractivity contribution < 1.29 is 27.8 Å². The van der Waals surface area contributed by atoms with Gasteiger partial charge in [-0.05, 0) is 91.8 Å². The molecule has 1 atom stereocenters. The summed E-state index contributed by atoms with van der Waals surface area (Å²) in [7, 11) is 0. The number of carbonyl (C=O) groups excluding carboxylic acids is 1. The van der Waals surface area contributed by atoms with Crippen molar-refractivity contribution in [3.05, 3.63) is 74.3 Å². The maximum atomic E-state index is 13.1. The lowest BCUT2D eigenvalue weighted by Gasteiger charge is -2.28.